The first-order valence-corrected chi connectivity index (χ1v) is 5.33. The molecule has 0 saturated carbocycles. The van der Waals surface area contributed by atoms with E-state index >= 15 is 0 Å². The molecule has 2 N–H and O–H groups in total. The fourth-order valence-electron chi connectivity index (χ4n) is 1.78. The normalized spacial score (nSPS) is 21.7. The summed E-state index contributed by atoms with van der Waals surface area (Å²) in [5.41, 5.74) is 5.48. The van der Waals surface area contributed by atoms with Crippen molar-refractivity contribution >= 4 is 0 Å². The number of nitrogens with zero attached hydrogens (tertiary/aromatic N) is 1. The molecule has 1 heterocycles. The Labute approximate surface area is 81.2 Å². The summed E-state index contributed by atoms with van der Waals surface area (Å²) < 4.78 is 5.30. The quantitative estimate of drug-likeness (QED) is 0.686. The molecular weight excluding hydrogens is 164 g/mol. The smallest absolute Gasteiger partial charge is 0.0594 e. The van der Waals surface area contributed by atoms with Crippen LogP contribution >= 0.6 is 0 Å². The summed E-state index contributed by atoms with van der Waals surface area (Å²) in [6.07, 6.45) is 2.42. The van der Waals surface area contributed by atoms with Gasteiger partial charge in [-0.05, 0) is 25.3 Å². The van der Waals surface area contributed by atoms with E-state index in [1.54, 1.807) is 0 Å². The minimum Gasteiger partial charge on any atom is -0.379 e. The molecule has 0 aromatic heterocycles. The molecule has 3 heteroatoms. The number of nitrogens with two attached hydrogens (primary N) is 1. The van der Waals surface area contributed by atoms with E-state index in [1.165, 1.54) is 13.0 Å². The number of rotatable bonds is 5. The van der Waals surface area contributed by atoms with Gasteiger partial charge < -0.3 is 10.5 Å². The molecule has 13 heavy (non-hydrogen) atoms. The zero-order chi connectivity index (χ0) is 9.52. The Kier molecular flexibility index (Phi) is 5.35. The molecule has 1 rings (SSSR count). The molecule has 1 atom stereocenters. The third-order valence-corrected chi connectivity index (χ3v) is 2.57. The molecule has 0 spiro atoms. The maximum absolute atomic E-state index is 5.48. The molecule has 0 aliphatic carbocycles. The van der Waals surface area contributed by atoms with Crippen LogP contribution in [0.4, 0.5) is 0 Å². The van der Waals surface area contributed by atoms with Gasteiger partial charge >= 0.3 is 0 Å². The van der Waals surface area contributed by atoms with E-state index in [2.05, 4.69) is 11.8 Å². The standard InChI is InChI=1S/C10H22N2O/c1-10(3-2-4-11)9-12-5-7-13-8-6-12/h10H,2-9,11H2,1H3. The van der Waals surface area contributed by atoms with Gasteiger partial charge in [-0.1, -0.05) is 6.92 Å². The second-order valence-corrected chi connectivity index (χ2v) is 3.95. The summed E-state index contributed by atoms with van der Waals surface area (Å²) in [4.78, 5) is 2.49. The van der Waals surface area contributed by atoms with Crippen LogP contribution in [0, 0.1) is 5.92 Å². The average molecular weight is 186 g/mol. The largest absolute Gasteiger partial charge is 0.379 e. The van der Waals surface area contributed by atoms with Gasteiger partial charge in [0.2, 0.25) is 0 Å². The van der Waals surface area contributed by atoms with Crippen LogP contribution in [0.2, 0.25) is 0 Å². The number of hydrogen-bond acceptors (Lipinski definition) is 3. The highest BCUT2D eigenvalue weighted by Crippen LogP contribution is 2.08. The predicted molar refractivity (Wildman–Crippen MR) is 54.7 cm³/mol. The fourth-order valence-corrected chi connectivity index (χ4v) is 1.78. The third-order valence-electron chi connectivity index (χ3n) is 2.57. The number of ether oxygens (including phenoxy) is 1. The van der Waals surface area contributed by atoms with Crippen molar-refractivity contribution in [3.63, 3.8) is 0 Å². The third kappa shape index (κ3) is 4.60. The molecule has 1 aliphatic heterocycles. The fraction of sp³-hybridized carbons (Fsp3) is 1.00. The van der Waals surface area contributed by atoms with Gasteiger partial charge in [0.15, 0.2) is 0 Å². The van der Waals surface area contributed by atoms with Crippen LogP contribution in [0.25, 0.3) is 0 Å². The molecule has 0 bridgehead atoms. The van der Waals surface area contributed by atoms with E-state index in [-0.39, 0.29) is 0 Å². The molecule has 0 amide bonds. The van der Waals surface area contributed by atoms with Crippen LogP contribution in [-0.4, -0.2) is 44.3 Å². The Balaban J connectivity index is 2.07. The van der Waals surface area contributed by atoms with Crippen molar-refractivity contribution in [3.8, 4) is 0 Å². The minimum atomic E-state index is 0.779. The summed E-state index contributed by atoms with van der Waals surface area (Å²) >= 11 is 0. The molecule has 3 nitrogen and oxygen atoms in total. The molecular formula is C10H22N2O. The van der Waals surface area contributed by atoms with E-state index < -0.39 is 0 Å². The monoisotopic (exact) mass is 186 g/mol. The Hall–Kier alpha value is -0.120. The molecule has 1 aliphatic rings. The van der Waals surface area contributed by atoms with Crippen LogP contribution in [0.15, 0.2) is 0 Å². The lowest BCUT2D eigenvalue weighted by molar-refractivity contribution is 0.0312. The maximum atomic E-state index is 5.48. The van der Waals surface area contributed by atoms with Crippen LogP contribution in [-0.2, 0) is 4.74 Å². The number of morpholine rings is 1. The SMILES string of the molecule is CC(CCCN)CN1CCOCC1. The van der Waals surface area contributed by atoms with Crippen LogP contribution < -0.4 is 5.73 Å². The predicted octanol–water partition coefficient (Wildman–Crippen LogP) is 0.694. The van der Waals surface area contributed by atoms with Gasteiger partial charge in [-0.25, -0.2) is 0 Å². The molecule has 1 saturated heterocycles. The molecule has 78 valence electrons. The van der Waals surface area contributed by atoms with E-state index in [0.717, 1.165) is 45.2 Å². The highest BCUT2D eigenvalue weighted by atomic mass is 16.5. The Bertz CT molecular complexity index is 124. The molecule has 0 aromatic rings. The summed E-state index contributed by atoms with van der Waals surface area (Å²) in [6, 6.07) is 0. The second-order valence-electron chi connectivity index (χ2n) is 3.95. The zero-order valence-corrected chi connectivity index (χ0v) is 8.67. The molecule has 0 aromatic carbocycles. The maximum Gasteiger partial charge on any atom is 0.0594 e. The first-order chi connectivity index (χ1) is 6.33. The van der Waals surface area contributed by atoms with Crippen molar-refractivity contribution in [1.29, 1.82) is 0 Å². The first-order valence-electron chi connectivity index (χ1n) is 5.33. The summed E-state index contributed by atoms with van der Waals surface area (Å²) in [7, 11) is 0. The van der Waals surface area contributed by atoms with Crippen LogP contribution in [0.1, 0.15) is 19.8 Å². The lowest BCUT2D eigenvalue weighted by atomic mass is 10.1. The van der Waals surface area contributed by atoms with E-state index in [1.807, 2.05) is 0 Å². The summed E-state index contributed by atoms with van der Waals surface area (Å²) in [5.74, 6) is 0.779. The van der Waals surface area contributed by atoms with Gasteiger partial charge in [0.1, 0.15) is 0 Å². The number of hydrogen-bond donors (Lipinski definition) is 1. The van der Waals surface area contributed by atoms with E-state index in [4.69, 9.17) is 10.5 Å². The van der Waals surface area contributed by atoms with Crippen LogP contribution in [0.5, 0.6) is 0 Å². The van der Waals surface area contributed by atoms with Crippen molar-refractivity contribution in [2.45, 2.75) is 19.8 Å². The van der Waals surface area contributed by atoms with Crippen LogP contribution in [0.3, 0.4) is 0 Å². The van der Waals surface area contributed by atoms with E-state index in [9.17, 15) is 0 Å². The Morgan fingerprint density at radius 1 is 1.38 bits per heavy atom. The minimum absolute atomic E-state index is 0.779. The Morgan fingerprint density at radius 2 is 2.08 bits per heavy atom. The highest BCUT2D eigenvalue weighted by Gasteiger charge is 2.12. The van der Waals surface area contributed by atoms with Gasteiger partial charge in [0, 0.05) is 19.6 Å². The molecule has 1 unspecified atom stereocenters. The van der Waals surface area contributed by atoms with Gasteiger partial charge in [-0.2, -0.15) is 0 Å². The lowest BCUT2D eigenvalue weighted by Crippen LogP contribution is -2.38. The topological polar surface area (TPSA) is 38.5 Å². The lowest BCUT2D eigenvalue weighted by Gasteiger charge is -2.29. The first kappa shape index (κ1) is 11.0. The van der Waals surface area contributed by atoms with Gasteiger partial charge in [-0.3, -0.25) is 4.90 Å². The van der Waals surface area contributed by atoms with Crippen molar-refractivity contribution in [2.24, 2.45) is 11.7 Å². The van der Waals surface area contributed by atoms with Crippen molar-refractivity contribution in [2.75, 3.05) is 39.4 Å². The summed E-state index contributed by atoms with van der Waals surface area (Å²) in [5, 5.41) is 0. The van der Waals surface area contributed by atoms with Crippen molar-refractivity contribution in [3.05, 3.63) is 0 Å². The average Bonchev–Trinajstić information content (AvgIpc) is 2.16. The van der Waals surface area contributed by atoms with Crippen molar-refractivity contribution < 1.29 is 4.74 Å². The second kappa shape index (κ2) is 6.35. The Morgan fingerprint density at radius 3 is 2.69 bits per heavy atom. The van der Waals surface area contributed by atoms with Gasteiger partial charge in [-0.15, -0.1) is 0 Å². The van der Waals surface area contributed by atoms with E-state index in [0.29, 0.717) is 0 Å². The molecule has 1 fully saturated rings. The van der Waals surface area contributed by atoms with Gasteiger partial charge in [0.25, 0.3) is 0 Å². The zero-order valence-electron chi connectivity index (χ0n) is 8.67. The van der Waals surface area contributed by atoms with Crippen molar-refractivity contribution in [1.82, 2.24) is 4.90 Å². The summed E-state index contributed by atoms with van der Waals surface area (Å²) in [6.45, 7) is 8.37. The molecule has 0 radical (unpaired) electrons. The highest BCUT2D eigenvalue weighted by molar-refractivity contribution is 4.65. The van der Waals surface area contributed by atoms with Gasteiger partial charge in [0.05, 0.1) is 13.2 Å².